The minimum atomic E-state index is 0.316. The first-order valence-corrected chi connectivity index (χ1v) is 6.79. The minimum absolute atomic E-state index is 0.316. The maximum absolute atomic E-state index is 12.2. The van der Waals surface area contributed by atoms with E-state index in [4.69, 9.17) is 4.74 Å². The van der Waals surface area contributed by atoms with Gasteiger partial charge in [-0.2, -0.15) is 0 Å². The van der Waals surface area contributed by atoms with Crippen LogP contribution in [-0.2, 0) is 9.53 Å². The zero-order chi connectivity index (χ0) is 12.3. The van der Waals surface area contributed by atoms with Crippen molar-refractivity contribution in [3.63, 3.8) is 0 Å². The van der Waals surface area contributed by atoms with Gasteiger partial charge in [-0.1, -0.05) is 0 Å². The number of carbonyl (C=O) groups excluding carboxylic acids is 1. The summed E-state index contributed by atoms with van der Waals surface area (Å²) in [6, 6.07) is 0.721. The molecule has 3 unspecified atom stereocenters. The first-order valence-electron chi connectivity index (χ1n) is 6.79. The first-order chi connectivity index (χ1) is 8.18. The first kappa shape index (κ1) is 12.8. The topological polar surface area (TPSA) is 41.6 Å². The van der Waals surface area contributed by atoms with Crippen molar-refractivity contribution in [1.29, 1.82) is 0 Å². The summed E-state index contributed by atoms with van der Waals surface area (Å²) in [7, 11) is 0. The smallest absolute Gasteiger partial charge is 0.222 e. The van der Waals surface area contributed by atoms with Crippen LogP contribution in [0.1, 0.15) is 33.1 Å². The van der Waals surface area contributed by atoms with E-state index < -0.39 is 0 Å². The van der Waals surface area contributed by atoms with Crippen LogP contribution < -0.4 is 5.32 Å². The highest BCUT2D eigenvalue weighted by Crippen LogP contribution is 2.19. The van der Waals surface area contributed by atoms with E-state index in [0.717, 1.165) is 39.1 Å². The van der Waals surface area contributed by atoms with Gasteiger partial charge in [-0.3, -0.25) is 4.79 Å². The Bertz CT molecular complexity index is 264. The zero-order valence-electron chi connectivity index (χ0n) is 10.9. The Morgan fingerprint density at radius 1 is 1.47 bits per heavy atom. The number of hydrogen-bond donors (Lipinski definition) is 1. The van der Waals surface area contributed by atoms with E-state index in [9.17, 15) is 4.79 Å². The molecule has 4 nitrogen and oxygen atoms in total. The van der Waals surface area contributed by atoms with Crippen LogP contribution in [-0.4, -0.2) is 49.2 Å². The van der Waals surface area contributed by atoms with E-state index >= 15 is 0 Å². The molecule has 3 atom stereocenters. The van der Waals surface area contributed by atoms with Gasteiger partial charge in [0, 0.05) is 44.8 Å². The Kier molecular flexibility index (Phi) is 4.40. The van der Waals surface area contributed by atoms with Crippen LogP contribution in [0.5, 0.6) is 0 Å². The third-order valence-electron chi connectivity index (χ3n) is 4.15. The largest absolute Gasteiger partial charge is 0.381 e. The van der Waals surface area contributed by atoms with Crippen LogP contribution in [0.4, 0.5) is 0 Å². The molecular weight excluding hydrogens is 216 g/mol. The highest BCUT2D eigenvalue weighted by atomic mass is 16.5. The number of carbonyl (C=O) groups is 1. The normalized spacial score (nSPS) is 34.0. The van der Waals surface area contributed by atoms with Gasteiger partial charge in [0.2, 0.25) is 5.91 Å². The second-order valence-corrected chi connectivity index (χ2v) is 5.34. The Labute approximate surface area is 104 Å². The molecule has 1 N–H and O–H groups in total. The summed E-state index contributed by atoms with van der Waals surface area (Å²) >= 11 is 0. The Morgan fingerprint density at radius 2 is 2.29 bits per heavy atom. The van der Waals surface area contributed by atoms with Crippen molar-refractivity contribution in [1.82, 2.24) is 10.2 Å². The monoisotopic (exact) mass is 240 g/mol. The van der Waals surface area contributed by atoms with E-state index in [-0.39, 0.29) is 0 Å². The van der Waals surface area contributed by atoms with Gasteiger partial charge < -0.3 is 15.0 Å². The lowest BCUT2D eigenvalue weighted by Gasteiger charge is -2.38. The summed E-state index contributed by atoms with van der Waals surface area (Å²) in [6.45, 7) is 7.78. The Hall–Kier alpha value is -0.610. The van der Waals surface area contributed by atoms with Gasteiger partial charge in [-0.05, 0) is 32.6 Å². The molecule has 98 valence electrons. The van der Waals surface area contributed by atoms with Crippen LogP contribution >= 0.6 is 0 Å². The lowest BCUT2D eigenvalue weighted by molar-refractivity contribution is -0.135. The van der Waals surface area contributed by atoms with Crippen molar-refractivity contribution < 1.29 is 9.53 Å². The maximum Gasteiger partial charge on any atom is 0.222 e. The van der Waals surface area contributed by atoms with Gasteiger partial charge in [-0.25, -0.2) is 0 Å². The Balaban J connectivity index is 1.78. The van der Waals surface area contributed by atoms with Crippen LogP contribution in [0.3, 0.4) is 0 Å². The van der Waals surface area contributed by atoms with Gasteiger partial charge in [0.25, 0.3) is 0 Å². The van der Waals surface area contributed by atoms with Crippen LogP contribution in [0.25, 0.3) is 0 Å². The van der Waals surface area contributed by atoms with Crippen molar-refractivity contribution in [2.24, 2.45) is 5.92 Å². The fourth-order valence-corrected chi connectivity index (χ4v) is 2.69. The number of piperazine rings is 1. The molecule has 2 rings (SSSR count). The molecule has 4 heteroatoms. The fraction of sp³-hybridized carbons (Fsp3) is 0.923. The van der Waals surface area contributed by atoms with E-state index in [0.29, 0.717) is 30.3 Å². The number of hydrogen-bond acceptors (Lipinski definition) is 3. The highest BCUT2D eigenvalue weighted by molar-refractivity contribution is 5.76. The molecule has 0 bridgehead atoms. The van der Waals surface area contributed by atoms with Crippen molar-refractivity contribution in [2.45, 2.75) is 45.2 Å². The third-order valence-corrected chi connectivity index (χ3v) is 4.15. The molecule has 0 aromatic heterocycles. The average Bonchev–Trinajstić information content (AvgIpc) is 2.82. The molecule has 2 aliphatic heterocycles. The van der Waals surface area contributed by atoms with E-state index in [1.54, 1.807) is 0 Å². The van der Waals surface area contributed by atoms with E-state index in [1.807, 2.05) is 4.90 Å². The van der Waals surface area contributed by atoms with Crippen LogP contribution in [0.15, 0.2) is 0 Å². The molecule has 17 heavy (non-hydrogen) atoms. The number of nitrogens with zero attached hydrogens (tertiary/aromatic N) is 1. The number of ether oxygens (including phenoxy) is 1. The molecule has 2 fully saturated rings. The third kappa shape index (κ3) is 3.19. The number of amides is 1. The molecule has 0 aromatic rings. The summed E-state index contributed by atoms with van der Waals surface area (Å²) in [6.07, 6.45) is 2.80. The van der Waals surface area contributed by atoms with Gasteiger partial charge >= 0.3 is 0 Å². The molecule has 0 aromatic carbocycles. The number of nitrogens with one attached hydrogen (secondary N) is 1. The van der Waals surface area contributed by atoms with Crippen molar-refractivity contribution in [2.75, 3.05) is 26.3 Å². The maximum atomic E-state index is 12.2. The van der Waals surface area contributed by atoms with Gasteiger partial charge in [0.05, 0.1) is 0 Å². The highest BCUT2D eigenvalue weighted by Gasteiger charge is 2.28. The Morgan fingerprint density at radius 3 is 3.00 bits per heavy atom. The summed E-state index contributed by atoms with van der Waals surface area (Å²) in [4.78, 5) is 14.2. The second kappa shape index (κ2) is 5.83. The zero-order valence-corrected chi connectivity index (χ0v) is 10.9. The molecule has 1 amide bonds. The van der Waals surface area contributed by atoms with E-state index in [2.05, 4.69) is 19.2 Å². The van der Waals surface area contributed by atoms with Crippen molar-refractivity contribution in [3.8, 4) is 0 Å². The SMILES string of the molecule is CC1NCCN(C(=O)CCC2CCOC2)C1C. The van der Waals surface area contributed by atoms with E-state index in [1.165, 1.54) is 0 Å². The standard InChI is InChI=1S/C13H24N2O2/c1-10-11(2)15(7-6-14-10)13(16)4-3-12-5-8-17-9-12/h10-12,14H,3-9H2,1-2H3. The summed E-state index contributed by atoms with van der Waals surface area (Å²) in [5.41, 5.74) is 0. The van der Waals surface area contributed by atoms with Crippen molar-refractivity contribution in [3.05, 3.63) is 0 Å². The molecule has 2 saturated heterocycles. The predicted octanol–water partition coefficient (Wildman–Crippen LogP) is 1.01. The summed E-state index contributed by atoms with van der Waals surface area (Å²) in [5, 5.41) is 3.40. The number of rotatable bonds is 3. The molecule has 2 heterocycles. The molecule has 2 aliphatic rings. The van der Waals surface area contributed by atoms with Crippen LogP contribution in [0, 0.1) is 5.92 Å². The molecular formula is C13H24N2O2. The lowest BCUT2D eigenvalue weighted by atomic mass is 10.0. The van der Waals surface area contributed by atoms with Gasteiger partial charge in [-0.15, -0.1) is 0 Å². The lowest BCUT2D eigenvalue weighted by Crippen LogP contribution is -2.57. The summed E-state index contributed by atoms with van der Waals surface area (Å²) < 4.78 is 5.34. The molecule has 0 radical (unpaired) electrons. The minimum Gasteiger partial charge on any atom is -0.381 e. The van der Waals surface area contributed by atoms with Crippen LogP contribution in [0.2, 0.25) is 0 Å². The average molecular weight is 240 g/mol. The second-order valence-electron chi connectivity index (χ2n) is 5.34. The summed E-state index contributed by atoms with van der Waals surface area (Å²) in [5.74, 6) is 0.923. The predicted molar refractivity (Wildman–Crippen MR) is 66.8 cm³/mol. The van der Waals surface area contributed by atoms with Gasteiger partial charge in [0.15, 0.2) is 0 Å². The quantitative estimate of drug-likeness (QED) is 0.800. The molecule has 0 spiro atoms. The molecule has 0 aliphatic carbocycles. The fourth-order valence-electron chi connectivity index (χ4n) is 2.69. The van der Waals surface area contributed by atoms with Crippen molar-refractivity contribution >= 4 is 5.91 Å². The molecule has 0 saturated carbocycles. The van der Waals surface area contributed by atoms with Gasteiger partial charge in [0.1, 0.15) is 0 Å².